The van der Waals surface area contributed by atoms with Gasteiger partial charge < -0.3 is 5.32 Å². The van der Waals surface area contributed by atoms with Crippen molar-refractivity contribution in [3.05, 3.63) is 59.1 Å². The molecule has 1 heterocycles. The van der Waals surface area contributed by atoms with Crippen LogP contribution in [0.25, 0.3) is 0 Å². The Hall–Kier alpha value is -1.54. The molecule has 0 bridgehead atoms. The van der Waals surface area contributed by atoms with Crippen LogP contribution in [0, 0.1) is 0 Å². The summed E-state index contributed by atoms with van der Waals surface area (Å²) >= 11 is 7.68. The topological polar surface area (TPSA) is 66.5 Å². The molecule has 5 nitrogen and oxygen atoms in total. The molecule has 2 aromatic rings. The Morgan fingerprint density at radius 3 is 2.61 bits per heavy atom. The minimum Gasteiger partial charge on any atom is -0.325 e. The van der Waals surface area contributed by atoms with Crippen LogP contribution in [0.4, 0.5) is 5.69 Å². The van der Waals surface area contributed by atoms with Gasteiger partial charge in [-0.1, -0.05) is 35.9 Å². The zero-order chi connectivity index (χ0) is 20.1. The smallest absolute Gasteiger partial charge is 0.243 e. The number of nitrogens with one attached hydrogen (secondary N) is 1. The molecule has 1 atom stereocenters. The maximum atomic E-state index is 12.7. The van der Waals surface area contributed by atoms with Gasteiger partial charge in [0.15, 0.2) is 0 Å². The molecule has 2 aromatic carbocycles. The summed E-state index contributed by atoms with van der Waals surface area (Å²) < 4.78 is 26.8. The van der Waals surface area contributed by atoms with E-state index >= 15 is 0 Å². The quantitative estimate of drug-likeness (QED) is 0.688. The molecular formula is C20H23ClN2O3S2. The molecule has 3 rings (SSSR count). The van der Waals surface area contributed by atoms with E-state index in [1.165, 1.54) is 22.1 Å². The van der Waals surface area contributed by atoms with Crippen molar-refractivity contribution in [3.8, 4) is 0 Å². The van der Waals surface area contributed by atoms with Crippen molar-refractivity contribution < 1.29 is 13.2 Å². The lowest BCUT2D eigenvalue weighted by Crippen LogP contribution is -2.28. The molecule has 0 spiro atoms. The van der Waals surface area contributed by atoms with Gasteiger partial charge in [0.2, 0.25) is 15.9 Å². The molecular weight excluding hydrogens is 416 g/mol. The Labute approximate surface area is 175 Å². The van der Waals surface area contributed by atoms with E-state index in [1.807, 2.05) is 31.2 Å². The first kappa shape index (κ1) is 21.2. The summed E-state index contributed by atoms with van der Waals surface area (Å²) in [5.74, 6) is 0.0646. The average molecular weight is 439 g/mol. The molecule has 0 aromatic heterocycles. The van der Waals surface area contributed by atoms with E-state index in [0.717, 1.165) is 18.4 Å². The minimum atomic E-state index is -3.50. The third-order valence-electron chi connectivity index (χ3n) is 4.63. The number of anilines is 1. The zero-order valence-electron chi connectivity index (χ0n) is 15.6. The first-order valence-corrected chi connectivity index (χ1v) is 12.0. The van der Waals surface area contributed by atoms with Crippen molar-refractivity contribution in [2.24, 2.45) is 0 Å². The maximum absolute atomic E-state index is 12.7. The summed E-state index contributed by atoms with van der Waals surface area (Å²) in [6, 6.07) is 14.0. The van der Waals surface area contributed by atoms with E-state index in [9.17, 15) is 13.2 Å². The number of nitrogens with zero attached hydrogens (tertiary/aromatic N) is 1. The molecule has 0 aliphatic carbocycles. The summed E-state index contributed by atoms with van der Waals surface area (Å²) in [6.07, 6.45) is 1.77. The molecule has 1 amide bonds. The molecule has 0 radical (unpaired) electrons. The van der Waals surface area contributed by atoms with Gasteiger partial charge in [0.05, 0.1) is 10.6 Å². The van der Waals surface area contributed by atoms with Gasteiger partial charge in [-0.3, -0.25) is 4.79 Å². The molecule has 8 heteroatoms. The number of rotatable bonds is 7. The van der Waals surface area contributed by atoms with Gasteiger partial charge in [-0.15, -0.1) is 11.8 Å². The number of hydrogen-bond donors (Lipinski definition) is 1. The Kier molecular flexibility index (Phi) is 7.04. The number of sulfonamides is 1. The lowest BCUT2D eigenvalue weighted by molar-refractivity contribution is -0.113. The number of carbonyl (C=O) groups excluding carboxylic acids is 1. The fraction of sp³-hybridized carbons (Fsp3) is 0.350. The predicted molar refractivity (Wildman–Crippen MR) is 115 cm³/mol. The zero-order valence-corrected chi connectivity index (χ0v) is 18.0. The van der Waals surface area contributed by atoms with E-state index in [-0.39, 0.29) is 21.8 Å². The number of hydrogen-bond acceptors (Lipinski definition) is 4. The molecule has 1 aliphatic heterocycles. The first-order valence-electron chi connectivity index (χ1n) is 9.14. The van der Waals surface area contributed by atoms with Gasteiger partial charge in [0.1, 0.15) is 0 Å². The highest BCUT2D eigenvalue weighted by Crippen LogP contribution is 2.33. The summed E-state index contributed by atoms with van der Waals surface area (Å²) in [5, 5.41) is 3.54. The molecule has 0 saturated carbocycles. The van der Waals surface area contributed by atoms with Crippen molar-refractivity contribution in [3.63, 3.8) is 0 Å². The number of amides is 1. The SMILES string of the molecule is CC(SCC(=O)Nc1cccc(S(=O)(=O)N2CCCC2)c1)c1ccccc1Cl. The summed E-state index contributed by atoms with van der Waals surface area (Å²) in [5.41, 5.74) is 1.47. The van der Waals surface area contributed by atoms with Crippen LogP contribution < -0.4 is 5.32 Å². The number of carbonyl (C=O) groups is 1. The number of thioether (sulfide) groups is 1. The van der Waals surface area contributed by atoms with Crippen LogP contribution in [0.15, 0.2) is 53.4 Å². The van der Waals surface area contributed by atoms with Gasteiger partial charge in [-0.25, -0.2) is 8.42 Å². The highest BCUT2D eigenvalue weighted by atomic mass is 35.5. The van der Waals surface area contributed by atoms with Gasteiger partial charge in [-0.2, -0.15) is 4.31 Å². The second-order valence-corrected chi connectivity index (χ2v) is 10.3. The highest BCUT2D eigenvalue weighted by Gasteiger charge is 2.27. The fourth-order valence-corrected chi connectivity index (χ4v) is 5.89. The lowest BCUT2D eigenvalue weighted by Gasteiger charge is -2.16. The number of benzene rings is 2. The van der Waals surface area contributed by atoms with E-state index < -0.39 is 10.0 Å². The van der Waals surface area contributed by atoms with Gasteiger partial charge >= 0.3 is 0 Å². The van der Waals surface area contributed by atoms with Crippen LogP contribution in [0.1, 0.15) is 30.6 Å². The summed E-state index contributed by atoms with van der Waals surface area (Å²) in [4.78, 5) is 12.5. The Morgan fingerprint density at radius 1 is 1.18 bits per heavy atom. The molecule has 1 unspecified atom stereocenters. The Morgan fingerprint density at radius 2 is 1.89 bits per heavy atom. The van der Waals surface area contributed by atoms with Crippen molar-refractivity contribution in [2.75, 3.05) is 24.2 Å². The Balaban J connectivity index is 1.61. The largest absolute Gasteiger partial charge is 0.325 e. The minimum absolute atomic E-state index is 0.0707. The normalized spacial score (nSPS) is 16.1. The monoisotopic (exact) mass is 438 g/mol. The van der Waals surface area contributed by atoms with Crippen LogP contribution >= 0.6 is 23.4 Å². The van der Waals surface area contributed by atoms with E-state index in [2.05, 4.69) is 5.32 Å². The lowest BCUT2D eigenvalue weighted by atomic mass is 10.2. The fourth-order valence-electron chi connectivity index (χ4n) is 3.10. The van der Waals surface area contributed by atoms with Crippen molar-refractivity contribution >= 4 is 45.0 Å². The summed E-state index contributed by atoms with van der Waals surface area (Å²) in [7, 11) is -3.50. The molecule has 1 N–H and O–H groups in total. The van der Waals surface area contributed by atoms with Crippen LogP contribution in [-0.4, -0.2) is 37.5 Å². The highest BCUT2D eigenvalue weighted by molar-refractivity contribution is 8.00. The van der Waals surface area contributed by atoms with Crippen molar-refractivity contribution in [1.82, 2.24) is 4.31 Å². The number of halogens is 1. The Bertz CT molecular complexity index is 944. The second kappa shape index (κ2) is 9.31. The van der Waals surface area contributed by atoms with E-state index in [1.54, 1.807) is 18.2 Å². The van der Waals surface area contributed by atoms with E-state index in [0.29, 0.717) is 23.8 Å². The van der Waals surface area contributed by atoms with Crippen LogP contribution in [-0.2, 0) is 14.8 Å². The summed E-state index contributed by atoms with van der Waals surface area (Å²) in [6.45, 7) is 3.10. The average Bonchev–Trinajstić information content (AvgIpc) is 3.22. The molecule has 1 fully saturated rings. The van der Waals surface area contributed by atoms with Crippen LogP contribution in [0.3, 0.4) is 0 Å². The first-order chi connectivity index (χ1) is 13.4. The molecule has 1 saturated heterocycles. The molecule has 1 aliphatic rings. The standard InChI is InChI=1S/C20H23ClN2O3S2/c1-15(18-9-2-3-10-19(18)21)27-14-20(24)22-16-7-6-8-17(13-16)28(25,26)23-11-4-5-12-23/h2-3,6-10,13,15H,4-5,11-12,14H2,1H3,(H,22,24). The third-order valence-corrected chi connectivity index (χ3v) is 8.05. The second-order valence-electron chi connectivity index (χ2n) is 6.66. The predicted octanol–water partition coefficient (Wildman–Crippen LogP) is 4.56. The van der Waals surface area contributed by atoms with Gasteiger partial charge in [-0.05, 0) is 49.6 Å². The van der Waals surface area contributed by atoms with Crippen molar-refractivity contribution in [2.45, 2.75) is 29.9 Å². The van der Waals surface area contributed by atoms with Gasteiger partial charge in [0, 0.05) is 29.0 Å². The molecule has 150 valence electrons. The van der Waals surface area contributed by atoms with E-state index in [4.69, 9.17) is 11.6 Å². The van der Waals surface area contributed by atoms with Gasteiger partial charge in [0.25, 0.3) is 0 Å². The van der Waals surface area contributed by atoms with Crippen LogP contribution in [0.5, 0.6) is 0 Å². The van der Waals surface area contributed by atoms with Crippen LogP contribution in [0.2, 0.25) is 5.02 Å². The molecule has 28 heavy (non-hydrogen) atoms. The maximum Gasteiger partial charge on any atom is 0.243 e. The van der Waals surface area contributed by atoms with Crippen molar-refractivity contribution in [1.29, 1.82) is 0 Å². The third kappa shape index (κ3) is 5.08.